The Kier molecular flexibility index (Phi) is 5.51. The first-order chi connectivity index (χ1) is 8.04. The maximum Gasteiger partial charge on any atom is 0.123 e. The standard InChI is InChI=1S/C13H18FNOS/c1-3-4-9(2)16-8-10-5-6-11(14)7-12(10)13(15)17/h5-7,9H,3-4,8H2,1-2H3,(H2,15,17). The molecule has 0 amide bonds. The molecule has 0 saturated carbocycles. The van der Waals surface area contributed by atoms with Crippen molar-refractivity contribution in [1.29, 1.82) is 0 Å². The van der Waals surface area contributed by atoms with Crippen molar-refractivity contribution in [1.82, 2.24) is 0 Å². The molecule has 1 rings (SSSR count). The van der Waals surface area contributed by atoms with Gasteiger partial charge in [0, 0.05) is 5.56 Å². The van der Waals surface area contributed by atoms with E-state index in [1.807, 2.05) is 6.92 Å². The molecular weight excluding hydrogens is 237 g/mol. The van der Waals surface area contributed by atoms with Gasteiger partial charge < -0.3 is 10.5 Å². The normalized spacial score (nSPS) is 12.4. The first-order valence-corrected chi connectivity index (χ1v) is 6.15. The molecule has 94 valence electrons. The molecule has 0 aliphatic carbocycles. The monoisotopic (exact) mass is 255 g/mol. The maximum absolute atomic E-state index is 13.1. The molecular formula is C13H18FNOS. The molecule has 0 heterocycles. The summed E-state index contributed by atoms with van der Waals surface area (Å²) in [6, 6.07) is 4.42. The number of hydrogen-bond donors (Lipinski definition) is 1. The molecule has 0 aliphatic heterocycles. The van der Waals surface area contributed by atoms with Crippen LogP contribution in [0.3, 0.4) is 0 Å². The molecule has 0 aliphatic rings. The summed E-state index contributed by atoms with van der Waals surface area (Å²) in [4.78, 5) is 0.200. The molecule has 1 atom stereocenters. The lowest BCUT2D eigenvalue weighted by atomic mass is 10.1. The molecule has 4 heteroatoms. The SMILES string of the molecule is CCCC(C)OCc1ccc(F)cc1C(N)=S. The molecule has 1 aromatic rings. The van der Waals surface area contributed by atoms with Crippen molar-refractivity contribution in [2.75, 3.05) is 0 Å². The van der Waals surface area contributed by atoms with Crippen molar-refractivity contribution >= 4 is 17.2 Å². The molecule has 0 saturated heterocycles. The minimum absolute atomic E-state index is 0.184. The second-order valence-corrected chi connectivity index (χ2v) is 4.52. The molecule has 2 N–H and O–H groups in total. The van der Waals surface area contributed by atoms with Crippen LogP contribution in [0.25, 0.3) is 0 Å². The predicted molar refractivity (Wildman–Crippen MR) is 71.4 cm³/mol. The summed E-state index contributed by atoms with van der Waals surface area (Å²) in [5, 5.41) is 0. The van der Waals surface area contributed by atoms with Gasteiger partial charge in [0.05, 0.1) is 12.7 Å². The van der Waals surface area contributed by atoms with E-state index in [0.717, 1.165) is 18.4 Å². The number of ether oxygens (including phenoxy) is 1. The van der Waals surface area contributed by atoms with Crippen LogP contribution in [0.2, 0.25) is 0 Å². The van der Waals surface area contributed by atoms with E-state index < -0.39 is 0 Å². The number of rotatable bonds is 6. The highest BCUT2D eigenvalue weighted by molar-refractivity contribution is 7.80. The van der Waals surface area contributed by atoms with Gasteiger partial charge in [0.25, 0.3) is 0 Å². The van der Waals surface area contributed by atoms with Crippen molar-refractivity contribution in [2.24, 2.45) is 5.73 Å². The van der Waals surface area contributed by atoms with Gasteiger partial charge in [-0.05, 0) is 31.0 Å². The zero-order valence-electron chi connectivity index (χ0n) is 10.2. The zero-order valence-corrected chi connectivity index (χ0v) is 11.0. The van der Waals surface area contributed by atoms with E-state index in [4.69, 9.17) is 22.7 Å². The summed E-state index contributed by atoms with van der Waals surface area (Å²) >= 11 is 4.90. The summed E-state index contributed by atoms with van der Waals surface area (Å²) in [5.41, 5.74) is 6.95. The van der Waals surface area contributed by atoms with Crippen LogP contribution >= 0.6 is 12.2 Å². The van der Waals surface area contributed by atoms with Crippen molar-refractivity contribution < 1.29 is 9.13 Å². The van der Waals surface area contributed by atoms with Gasteiger partial charge in [-0.15, -0.1) is 0 Å². The third-order valence-corrected chi connectivity index (χ3v) is 2.78. The molecule has 0 fully saturated rings. The molecule has 2 nitrogen and oxygen atoms in total. The molecule has 0 spiro atoms. The summed E-state index contributed by atoms with van der Waals surface area (Å²) in [6.45, 7) is 4.54. The lowest BCUT2D eigenvalue weighted by molar-refractivity contribution is 0.0471. The highest BCUT2D eigenvalue weighted by Gasteiger charge is 2.08. The number of halogens is 1. The van der Waals surface area contributed by atoms with E-state index in [1.54, 1.807) is 6.07 Å². The first-order valence-electron chi connectivity index (χ1n) is 5.74. The predicted octanol–water partition coefficient (Wildman–Crippen LogP) is 3.17. The number of nitrogens with two attached hydrogens (primary N) is 1. The third kappa shape index (κ3) is 4.40. The Balaban J connectivity index is 2.73. The van der Waals surface area contributed by atoms with Crippen molar-refractivity contribution in [3.8, 4) is 0 Å². The average molecular weight is 255 g/mol. The maximum atomic E-state index is 13.1. The lowest BCUT2D eigenvalue weighted by Gasteiger charge is -2.14. The van der Waals surface area contributed by atoms with Gasteiger partial charge in [-0.25, -0.2) is 4.39 Å². The van der Waals surface area contributed by atoms with Crippen molar-refractivity contribution in [2.45, 2.75) is 39.4 Å². The van der Waals surface area contributed by atoms with Crippen LogP contribution in [0.4, 0.5) is 4.39 Å². The second kappa shape index (κ2) is 6.67. The third-order valence-electron chi connectivity index (χ3n) is 2.56. The molecule has 0 radical (unpaired) electrons. The van der Waals surface area contributed by atoms with Crippen LogP contribution in [0, 0.1) is 5.82 Å². The molecule has 0 bridgehead atoms. The van der Waals surface area contributed by atoms with Gasteiger partial charge in [-0.3, -0.25) is 0 Å². The smallest absolute Gasteiger partial charge is 0.123 e. The molecule has 1 aromatic carbocycles. The summed E-state index contributed by atoms with van der Waals surface area (Å²) in [6.07, 6.45) is 2.26. The minimum Gasteiger partial charge on any atom is -0.389 e. The van der Waals surface area contributed by atoms with Crippen LogP contribution in [-0.2, 0) is 11.3 Å². The van der Waals surface area contributed by atoms with E-state index in [0.29, 0.717) is 12.2 Å². The largest absolute Gasteiger partial charge is 0.389 e. The van der Waals surface area contributed by atoms with Gasteiger partial charge in [-0.1, -0.05) is 31.6 Å². The van der Waals surface area contributed by atoms with Crippen LogP contribution in [0.1, 0.15) is 37.8 Å². The number of thiocarbonyl (C=S) groups is 1. The van der Waals surface area contributed by atoms with Crippen LogP contribution in [-0.4, -0.2) is 11.1 Å². The Bertz CT molecular complexity index is 395. The fourth-order valence-corrected chi connectivity index (χ4v) is 1.82. The van der Waals surface area contributed by atoms with Crippen molar-refractivity contribution in [3.63, 3.8) is 0 Å². The van der Waals surface area contributed by atoms with Crippen LogP contribution < -0.4 is 5.73 Å². The van der Waals surface area contributed by atoms with Gasteiger partial charge >= 0.3 is 0 Å². The van der Waals surface area contributed by atoms with E-state index >= 15 is 0 Å². The zero-order chi connectivity index (χ0) is 12.8. The highest BCUT2D eigenvalue weighted by Crippen LogP contribution is 2.14. The Morgan fingerprint density at radius 3 is 2.82 bits per heavy atom. The molecule has 17 heavy (non-hydrogen) atoms. The van der Waals surface area contributed by atoms with E-state index in [1.165, 1.54) is 12.1 Å². The summed E-state index contributed by atoms with van der Waals surface area (Å²) in [7, 11) is 0. The topological polar surface area (TPSA) is 35.2 Å². The quantitative estimate of drug-likeness (QED) is 0.793. The fourth-order valence-electron chi connectivity index (χ4n) is 1.63. The van der Waals surface area contributed by atoms with Gasteiger partial charge in [0.2, 0.25) is 0 Å². The van der Waals surface area contributed by atoms with E-state index in [2.05, 4.69) is 6.92 Å². The number of benzene rings is 1. The average Bonchev–Trinajstić information content (AvgIpc) is 2.27. The highest BCUT2D eigenvalue weighted by atomic mass is 32.1. The minimum atomic E-state index is -0.335. The Hall–Kier alpha value is -1.00. The second-order valence-electron chi connectivity index (χ2n) is 4.08. The first kappa shape index (κ1) is 14.1. The van der Waals surface area contributed by atoms with E-state index in [9.17, 15) is 4.39 Å². The van der Waals surface area contributed by atoms with Crippen LogP contribution in [0.15, 0.2) is 18.2 Å². The Labute approximate surface area is 107 Å². The molecule has 0 aromatic heterocycles. The van der Waals surface area contributed by atoms with Gasteiger partial charge in [0.1, 0.15) is 10.8 Å². The van der Waals surface area contributed by atoms with Gasteiger partial charge in [0.15, 0.2) is 0 Å². The Morgan fingerprint density at radius 1 is 1.53 bits per heavy atom. The van der Waals surface area contributed by atoms with Crippen molar-refractivity contribution in [3.05, 3.63) is 35.1 Å². The van der Waals surface area contributed by atoms with E-state index in [-0.39, 0.29) is 16.9 Å². The van der Waals surface area contributed by atoms with Gasteiger partial charge in [-0.2, -0.15) is 0 Å². The summed E-state index contributed by atoms with van der Waals surface area (Å²) in [5.74, 6) is -0.335. The fraction of sp³-hybridized carbons (Fsp3) is 0.462. The lowest BCUT2D eigenvalue weighted by Crippen LogP contribution is -2.15. The Morgan fingerprint density at radius 2 is 2.24 bits per heavy atom. The molecule has 1 unspecified atom stereocenters. The van der Waals surface area contributed by atoms with Crippen LogP contribution in [0.5, 0.6) is 0 Å². The number of hydrogen-bond acceptors (Lipinski definition) is 2. The summed E-state index contributed by atoms with van der Waals surface area (Å²) < 4.78 is 18.7.